The van der Waals surface area contributed by atoms with E-state index >= 15 is 0 Å². The van der Waals surface area contributed by atoms with Gasteiger partial charge in [-0.2, -0.15) is 0 Å². The Bertz CT molecular complexity index is 420. The van der Waals surface area contributed by atoms with Crippen LogP contribution >= 0.6 is 12.2 Å². The number of fused-ring (bicyclic) bond motifs is 2. The molecule has 0 aromatic carbocycles. The average Bonchev–Trinajstić information content (AvgIpc) is 3.00. The van der Waals surface area contributed by atoms with Gasteiger partial charge in [0.25, 0.3) is 0 Å². The Morgan fingerprint density at radius 2 is 2.11 bits per heavy atom. The van der Waals surface area contributed by atoms with Gasteiger partial charge in [0.15, 0.2) is 5.11 Å². The second-order valence-corrected chi connectivity index (χ2v) is 5.87. The quantitative estimate of drug-likeness (QED) is 0.818. The molecule has 1 aromatic heterocycles. The number of nitrogens with zero attached hydrogens (tertiary/aromatic N) is 1. The van der Waals surface area contributed by atoms with Crippen molar-refractivity contribution in [1.29, 1.82) is 0 Å². The lowest BCUT2D eigenvalue weighted by Crippen LogP contribution is -2.43. The molecule has 18 heavy (non-hydrogen) atoms. The number of thiocarbonyl (C=S) groups is 1. The predicted molar refractivity (Wildman–Crippen MR) is 76.0 cm³/mol. The van der Waals surface area contributed by atoms with E-state index in [-0.39, 0.29) is 0 Å². The number of rotatable bonds is 3. The summed E-state index contributed by atoms with van der Waals surface area (Å²) >= 11 is 5.37. The summed E-state index contributed by atoms with van der Waals surface area (Å²) in [5, 5.41) is 7.56. The van der Waals surface area contributed by atoms with Crippen molar-refractivity contribution in [2.45, 2.75) is 38.3 Å². The molecule has 0 spiro atoms. The molecule has 0 saturated heterocycles. The Hall–Kier alpha value is -1.16. The smallest absolute Gasteiger partial charge is 0.166 e. The SMILES string of the molecule is S=C(NCc1ccncc1)N[C@H]1C[C@@H]2CC[C@@H]1C2. The summed E-state index contributed by atoms with van der Waals surface area (Å²) in [6.45, 7) is 0.773. The van der Waals surface area contributed by atoms with Crippen LogP contribution in [0.25, 0.3) is 0 Å². The topological polar surface area (TPSA) is 37.0 Å². The van der Waals surface area contributed by atoms with Crippen LogP contribution in [0.2, 0.25) is 0 Å². The molecule has 2 aliphatic rings. The van der Waals surface area contributed by atoms with Crippen molar-refractivity contribution in [3.63, 3.8) is 0 Å². The number of hydrogen-bond acceptors (Lipinski definition) is 2. The Balaban J connectivity index is 1.45. The lowest BCUT2D eigenvalue weighted by Gasteiger charge is -2.24. The first kappa shape index (κ1) is 11.9. The lowest BCUT2D eigenvalue weighted by atomic mass is 9.96. The van der Waals surface area contributed by atoms with Gasteiger partial charge >= 0.3 is 0 Å². The third-order valence-corrected chi connectivity index (χ3v) is 4.52. The highest BCUT2D eigenvalue weighted by atomic mass is 32.1. The molecule has 0 radical (unpaired) electrons. The summed E-state index contributed by atoms with van der Waals surface area (Å²) in [5.74, 6) is 1.81. The maximum absolute atomic E-state index is 5.37. The van der Waals surface area contributed by atoms with E-state index in [1.165, 1.54) is 31.2 Å². The summed E-state index contributed by atoms with van der Waals surface area (Å²) in [7, 11) is 0. The zero-order valence-corrected chi connectivity index (χ0v) is 11.2. The van der Waals surface area contributed by atoms with E-state index in [1.807, 2.05) is 24.5 Å². The summed E-state index contributed by atoms with van der Waals surface area (Å²) in [4.78, 5) is 4.01. The molecular weight excluding hydrogens is 242 g/mol. The summed E-state index contributed by atoms with van der Waals surface area (Å²) in [5.41, 5.74) is 1.21. The fourth-order valence-electron chi connectivity index (χ4n) is 3.32. The second-order valence-electron chi connectivity index (χ2n) is 5.46. The van der Waals surface area contributed by atoms with E-state index in [1.54, 1.807) is 0 Å². The highest BCUT2D eigenvalue weighted by Crippen LogP contribution is 2.44. The monoisotopic (exact) mass is 261 g/mol. The van der Waals surface area contributed by atoms with Crippen LogP contribution in [0.1, 0.15) is 31.2 Å². The van der Waals surface area contributed by atoms with E-state index in [4.69, 9.17) is 12.2 Å². The largest absolute Gasteiger partial charge is 0.360 e. The summed E-state index contributed by atoms with van der Waals surface area (Å²) in [6, 6.07) is 4.63. The summed E-state index contributed by atoms with van der Waals surface area (Å²) in [6.07, 6.45) is 9.15. The number of aromatic nitrogens is 1. The summed E-state index contributed by atoms with van der Waals surface area (Å²) < 4.78 is 0. The van der Waals surface area contributed by atoms with Gasteiger partial charge in [-0.3, -0.25) is 4.98 Å². The van der Waals surface area contributed by atoms with Gasteiger partial charge in [-0.15, -0.1) is 0 Å². The molecule has 3 nitrogen and oxygen atoms in total. The molecule has 4 heteroatoms. The molecule has 2 aliphatic carbocycles. The van der Waals surface area contributed by atoms with Gasteiger partial charge in [0.1, 0.15) is 0 Å². The molecule has 0 unspecified atom stereocenters. The molecule has 3 atom stereocenters. The zero-order chi connectivity index (χ0) is 12.4. The molecule has 2 bridgehead atoms. The lowest BCUT2D eigenvalue weighted by molar-refractivity contribution is 0.389. The third kappa shape index (κ3) is 2.64. The van der Waals surface area contributed by atoms with Crippen molar-refractivity contribution in [2.75, 3.05) is 0 Å². The molecule has 96 valence electrons. The van der Waals surface area contributed by atoms with Crippen LogP contribution < -0.4 is 10.6 Å². The Morgan fingerprint density at radius 1 is 1.28 bits per heavy atom. The van der Waals surface area contributed by atoms with Gasteiger partial charge in [0, 0.05) is 25.0 Å². The van der Waals surface area contributed by atoms with Crippen LogP contribution in [0.15, 0.2) is 24.5 Å². The molecule has 1 aromatic rings. The van der Waals surface area contributed by atoms with Crippen LogP contribution in [0.5, 0.6) is 0 Å². The standard InChI is InChI=1S/C14H19N3S/c18-14(16-9-10-3-5-15-6-4-10)17-13-8-11-1-2-12(13)7-11/h3-6,11-13H,1-2,7-9H2,(H2,16,17,18)/t11-,12-,13+/m1/s1. The molecule has 3 rings (SSSR count). The van der Waals surface area contributed by atoms with E-state index in [2.05, 4.69) is 15.6 Å². The molecule has 2 saturated carbocycles. The highest BCUT2D eigenvalue weighted by Gasteiger charge is 2.39. The number of pyridine rings is 1. The number of nitrogens with one attached hydrogen (secondary N) is 2. The van der Waals surface area contributed by atoms with Crippen molar-refractivity contribution in [3.8, 4) is 0 Å². The minimum absolute atomic E-state index is 0.612. The zero-order valence-electron chi connectivity index (χ0n) is 10.4. The van der Waals surface area contributed by atoms with Gasteiger partial charge in [-0.25, -0.2) is 0 Å². The van der Waals surface area contributed by atoms with Crippen LogP contribution in [-0.4, -0.2) is 16.1 Å². The highest BCUT2D eigenvalue weighted by molar-refractivity contribution is 7.80. The molecule has 2 N–H and O–H groups in total. The van der Waals surface area contributed by atoms with E-state index in [0.717, 1.165) is 23.5 Å². The molecule has 0 aliphatic heterocycles. The normalized spacial score (nSPS) is 29.2. The molecular formula is C14H19N3S. The van der Waals surface area contributed by atoms with E-state index in [0.29, 0.717) is 6.04 Å². The molecule has 2 fully saturated rings. The van der Waals surface area contributed by atoms with E-state index in [9.17, 15) is 0 Å². The Morgan fingerprint density at radius 3 is 2.78 bits per heavy atom. The maximum atomic E-state index is 5.37. The van der Waals surface area contributed by atoms with Crippen molar-refractivity contribution in [1.82, 2.24) is 15.6 Å². The van der Waals surface area contributed by atoms with Crippen LogP contribution in [-0.2, 0) is 6.54 Å². The van der Waals surface area contributed by atoms with E-state index < -0.39 is 0 Å². The van der Waals surface area contributed by atoms with Gasteiger partial charge in [-0.1, -0.05) is 6.42 Å². The van der Waals surface area contributed by atoms with Crippen molar-refractivity contribution >= 4 is 17.3 Å². The average molecular weight is 261 g/mol. The fraction of sp³-hybridized carbons (Fsp3) is 0.571. The van der Waals surface area contributed by atoms with Gasteiger partial charge in [0.05, 0.1) is 0 Å². The minimum atomic E-state index is 0.612. The predicted octanol–water partition coefficient (Wildman–Crippen LogP) is 2.23. The van der Waals surface area contributed by atoms with Crippen LogP contribution in [0, 0.1) is 11.8 Å². The molecule has 1 heterocycles. The minimum Gasteiger partial charge on any atom is -0.360 e. The van der Waals surface area contributed by atoms with Crippen LogP contribution in [0.4, 0.5) is 0 Å². The maximum Gasteiger partial charge on any atom is 0.166 e. The first-order chi connectivity index (χ1) is 8.81. The van der Waals surface area contributed by atoms with Gasteiger partial charge in [-0.05, 0) is 61.0 Å². The van der Waals surface area contributed by atoms with Crippen molar-refractivity contribution in [2.24, 2.45) is 11.8 Å². The second kappa shape index (κ2) is 5.22. The van der Waals surface area contributed by atoms with Crippen molar-refractivity contribution < 1.29 is 0 Å². The fourth-order valence-corrected chi connectivity index (χ4v) is 3.55. The number of hydrogen-bond donors (Lipinski definition) is 2. The van der Waals surface area contributed by atoms with Crippen LogP contribution in [0.3, 0.4) is 0 Å². The van der Waals surface area contributed by atoms with Crippen molar-refractivity contribution in [3.05, 3.63) is 30.1 Å². The first-order valence-corrected chi connectivity index (χ1v) is 7.15. The third-order valence-electron chi connectivity index (χ3n) is 4.26. The van der Waals surface area contributed by atoms with Gasteiger partial charge in [0.2, 0.25) is 0 Å². The first-order valence-electron chi connectivity index (χ1n) is 6.74. The Kier molecular flexibility index (Phi) is 3.46. The Labute approximate surface area is 113 Å². The van der Waals surface area contributed by atoms with Gasteiger partial charge < -0.3 is 10.6 Å². The molecule has 0 amide bonds.